The number of hydrazone groups is 2. The van der Waals surface area contributed by atoms with Gasteiger partial charge in [-0.05, 0) is 24.3 Å². The van der Waals surface area contributed by atoms with Crippen molar-refractivity contribution in [2.75, 3.05) is 13.2 Å². The highest BCUT2D eigenvalue weighted by atomic mass is 16.5. The number of para-hydroxylation sites is 2. The zero-order valence-corrected chi connectivity index (χ0v) is 16.6. The second-order valence-electron chi connectivity index (χ2n) is 5.82. The molecular weight excluding hydrogens is 396 g/mol. The summed E-state index contributed by atoms with van der Waals surface area (Å²) in [4.78, 5) is 23.7. The third-order valence-electron chi connectivity index (χ3n) is 3.57. The van der Waals surface area contributed by atoms with Gasteiger partial charge < -0.3 is 9.47 Å². The fraction of sp³-hybridized carbons (Fsp3) is 0.130. The minimum atomic E-state index is -0.608. The molecule has 8 heteroatoms. The number of nitrogens with one attached hydrogen (secondary N) is 2. The van der Waals surface area contributed by atoms with Crippen molar-refractivity contribution < 1.29 is 19.1 Å². The normalized spacial score (nSPS) is 10.3. The predicted octanol–water partition coefficient (Wildman–Crippen LogP) is 1.70. The van der Waals surface area contributed by atoms with Crippen LogP contribution >= 0.6 is 0 Å². The van der Waals surface area contributed by atoms with Gasteiger partial charge in [-0.3, -0.25) is 9.59 Å². The van der Waals surface area contributed by atoms with E-state index in [4.69, 9.17) is 22.3 Å². The molecule has 0 aromatic heterocycles. The first kappa shape index (κ1) is 22.7. The molecule has 0 atom stereocenters. The highest BCUT2D eigenvalue weighted by Crippen LogP contribution is 2.16. The van der Waals surface area contributed by atoms with E-state index in [0.717, 1.165) is 0 Å². The lowest BCUT2D eigenvalue weighted by Crippen LogP contribution is -2.27. The monoisotopic (exact) mass is 416 g/mol. The Hall–Kier alpha value is -4.56. The Morgan fingerprint density at radius 1 is 0.806 bits per heavy atom. The molecular formula is C23H20N4O4. The first-order chi connectivity index (χ1) is 15.1. The van der Waals surface area contributed by atoms with Crippen LogP contribution in [0.3, 0.4) is 0 Å². The van der Waals surface area contributed by atoms with Crippen LogP contribution in [-0.4, -0.2) is 37.5 Å². The molecule has 0 saturated carbocycles. The summed E-state index contributed by atoms with van der Waals surface area (Å²) in [5.41, 5.74) is 5.78. The molecule has 0 fully saturated rings. The number of terminal acetylenes is 2. The van der Waals surface area contributed by atoms with Crippen molar-refractivity contribution >= 4 is 24.2 Å². The molecule has 2 aromatic carbocycles. The van der Waals surface area contributed by atoms with Gasteiger partial charge in [0.25, 0.3) is 0 Å². The molecule has 2 amide bonds. The van der Waals surface area contributed by atoms with Gasteiger partial charge in [0.2, 0.25) is 11.8 Å². The van der Waals surface area contributed by atoms with E-state index in [2.05, 4.69) is 32.9 Å². The third-order valence-corrected chi connectivity index (χ3v) is 3.57. The van der Waals surface area contributed by atoms with Crippen LogP contribution in [0.15, 0.2) is 58.7 Å². The first-order valence-corrected chi connectivity index (χ1v) is 9.08. The van der Waals surface area contributed by atoms with Crippen LogP contribution in [0.5, 0.6) is 11.5 Å². The topological polar surface area (TPSA) is 101 Å². The van der Waals surface area contributed by atoms with Gasteiger partial charge in [0.1, 0.15) is 31.1 Å². The zero-order valence-electron chi connectivity index (χ0n) is 16.6. The summed E-state index contributed by atoms with van der Waals surface area (Å²) >= 11 is 0. The number of hydrogen-bond acceptors (Lipinski definition) is 6. The Bertz CT molecular complexity index is 965. The smallest absolute Gasteiger partial charge is 0.249 e. The first-order valence-electron chi connectivity index (χ1n) is 9.08. The van der Waals surface area contributed by atoms with Crippen molar-refractivity contribution in [1.82, 2.24) is 10.9 Å². The maximum atomic E-state index is 11.9. The minimum absolute atomic E-state index is 0.110. The molecule has 2 rings (SSSR count). The number of benzene rings is 2. The standard InChI is InChI=1S/C23H20N4O4/c1-3-13-30-20-11-7-5-9-18(20)16-24-26-22(28)15-23(29)27-25-17-19-10-6-8-12-21(19)31-14-4-2/h1-2,5-12,16-17H,13-15H2,(H,26,28)(H,27,29)/b24-16-,25-17-. The maximum Gasteiger partial charge on any atom is 0.249 e. The molecule has 0 heterocycles. The Morgan fingerprint density at radius 2 is 1.23 bits per heavy atom. The van der Waals surface area contributed by atoms with E-state index in [1.807, 2.05) is 0 Å². The molecule has 0 aliphatic rings. The van der Waals surface area contributed by atoms with Gasteiger partial charge in [-0.1, -0.05) is 36.1 Å². The fourth-order valence-electron chi connectivity index (χ4n) is 2.25. The Balaban J connectivity index is 1.83. The van der Waals surface area contributed by atoms with E-state index in [9.17, 15) is 9.59 Å². The van der Waals surface area contributed by atoms with Crippen LogP contribution in [0, 0.1) is 24.7 Å². The molecule has 0 saturated heterocycles. The molecule has 8 nitrogen and oxygen atoms in total. The van der Waals surface area contributed by atoms with Crippen molar-refractivity contribution in [3.63, 3.8) is 0 Å². The van der Waals surface area contributed by atoms with Crippen molar-refractivity contribution in [3.8, 4) is 36.2 Å². The molecule has 0 bridgehead atoms. The van der Waals surface area contributed by atoms with Gasteiger partial charge in [0, 0.05) is 11.1 Å². The lowest BCUT2D eigenvalue weighted by molar-refractivity contribution is -0.129. The molecule has 0 unspecified atom stereocenters. The van der Waals surface area contributed by atoms with Crippen LogP contribution < -0.4 is 20.3 Å². The van der Waals surface area contributed by atoms with Crippen LogP contribution in [0.4, 0.5) is 0 Å². The van der Waals surface area contributed by atoms with E-state index < -0.39 is 18.2 Å². The molecule has 31 heavy (non-hydrogen) atoms. The van der Waals surface area contributed by atoms with Crippen molar-refractivity contribution in [3.05, 3.63) is 59.7 Å². The van der Waals surface area contributed by atoms with E-state index >= 15 is 0 Å². The van der Waals surface area contributed by atoms with E-state index in [-0.39, 0.29) is 13.2 Å². The lowest BCUT2D eigenvalue weighted by Gasteiger charge is -2.06. The molecule has 156 valence electrons. The number of rotatable bonds is 10. The molecule has 2 aromatic rings. The summed E-state index contributed by atoms with van der Waals surface area (Å²) in [6, 6.07) is 14.1. The van der Waals surface area contributed by atoms with Crippen LogP contribution in [0.25, 0.3) is 0 Å². The number of amides is 2. The number of carbonyl (C=O) groups is 2. The summed E-state index contributed by atoms with van der Waals surface area (Å²) in [6.07, 6.45) is 12.7. The Morgan fingerprint density at radius 3 is 1.65 bits per heavy atom. The van der Waals surface area contributed by atoms with Gasteiger partial charge in [0.15, 0.2) is 0 Å². The van der Waals surface area contributed by atoms with Gasteiger partial charge in [-0.2, -0.15) is 10.2 Å². The molecule has 0 aliphatic heterocycles. The predicted molar refractivity (Wildman–Crippen MR) is 118 cm³/mol. The Labute approximate surface area is 180 Å². The summed E-state index contributed by atoms with van der Waals surface area (Å²) in [5, 5.41) is 7.65. The van der Waals surface area contributed by atoms with E-state index in [1.165, 1.54) is 12.4 Å². The van der Waals surface area contributed by atoms with Crippen LogP contribution in [-0.2, 0) is 9.59 Å². The lowest BCUT2D eigenvalue weighted by atomic mass is 10.2. The third kappa shape index (κ3) is 8.14. The number of hydrogen-bond donors (Lipinski definition) is 2. The van der Waals surface area contributed by atoms with Crippen molar-refractivity contribution in [1.29, 1.82) is 0 Å². The molecule has 0 aliphatic carbocycles. The van der Waals surface area contributed by atoms with E-state index in [0.29, 0.717) is 22.6 Å². The molecule has 2 N–H and O–H groups in total. The maximum absolute atomic E-state index is 11.9. The summed E-state index contributed by atoms with van der Waals surface area (Å²) in [7, 11) is 0. The highest BCUT2D eigenvalue weighted by Gasteiger charge is 2.08. The van der Waals surface area contributed by atoms with Crippen LogP contribution in [0.2, 0.25) is 0 Å². The van der Waals surface area contributed by atoms with Gasteiger partial charge in [-0.25, -0.2) is 10.9 Å². The van der Waals surface area contributed by atoms with Gasteiger partial charge in [0.05, 0.1) is 12.4 Å². The molecule has 0 radical (unpaired) electrons. The summed E-state index contributed by atoms with van der Waals surface area (Å²) in [5.74, 6) is 4.58. The van der Waals surface area contributed by atoms with Gasteiger partial charge in [-0.15, -0.1) is 12.8 Å². The average Bonchev–Trinajstić information content (AvgIpc) is 2.77. The fourth-order valence-corrected chi connectivity index (χ4v) is 2.25. The average molecular weight is 416 g/mol. The van der Waals surface area contributed by atoms with Crippen molar-refractivity contribution in [2.24, 2.45) is 10.2 Å². The zero-order chi connectivity index (χ0) is 22.3. The SMILES string of the molecule is C#CCOc1ccccc1/C=N\NC(=O)CC(=O)N/N=C\c1ccccc1OCC#C. The van der Waals surface area contributed by atoms with Crippen LogP contribution in [0.1, 0.15) is 17.5 Å². The second-order valence-corrected chi connectivity index (χ2v) is 5.82. The second kappa shape index (κ2) is 12.8. The number of nitrogens with zero attached hydrogens (tertiary/aromatic N) is 2. The number of carbonyl (C=O) groups excluding carboxylic acids is 2. The number of ether oxygens (including phenoxy) is 2. The summed E-state index contributed by atoms with van der Waals surface area (Å²) in [6.45, 7) is 0.219. The Kier molecular flexibility index (Phi) is 9.39. The van der Waals surface area contributed by atoms with Crippen molar-refractivity contribution in [2.45, 2.75) is 6.42 Å². The highest BCUT2D eigenvalue weighted by molar-refractivity contribution is 5.97. The quantitative estimate of drug-likeness (QED) is 0.266. The largest absolute Gasteiger partial charge is 0.480 e. The van der Waals surface area contributed by atoms with Gasteiger partial charge >= 0.3 is 0 Å². The summed E-state index contributed by atoms with van der Waals surface area (Å²) < 4.78 is 10.8. The molecule has 0 spiro atoms. The minimum Gasteiger partial charge on any atom is -0.480 e. The van der Waals surface area contributed by atoms with E-state index in [1.54, 1.807) is 48.5 Å².